The summed E-state index contributed by atoms with van der Waals surface area (Å²) in [4.78, 5) is 0. The summed E-state index contributed by atoms with van der Waals surface area (Å²) in [5, 5.41) is 9.57. The average Bonchev–Trinajstić information content (AvgIpc) is 2.16. The first-order chi connectivity index (χ1) is 6.59. The van der Waals surface area contributed by atoms with Crippen LogP contribution in [0.5, 0.6) is 5.75 Å². The van der Waals surface area contributed by atoms with Gasteiger partial charge in [-0.1, -0.05) is 15.9 Å². The maximum absolute atomic E-state index is 9.57. The highest BCUT2D eigenvalue weighted by atomic mass is 79.9. The van der Waals surface area contributed by atoms with Crippen molar-refractivity contribution in [2.24, 2.45) is 0 Å². The SMILES string of the molecule is CC1=C(C)c2cc(Br)ccc2OB1O. The molecule has 0 aromatic heterocycles. The summed E-state index contributed by atoms with van der Waals surface area (Å²) in [7, 11) is -0.802. The first-order valence-electron chi connectivity index (χ1n) is 4.41. The molecule has 1 aromatic rings. The fraction of sp³-hybridized carbons (Fsp3) is 0.200. The summed E-state index contributed by atoms with van der Waals surface area (Å²) in [6.07, 6.45) is 0. The Bertz CT molecular complexity index is 415. The van der Waals surface area contributed by atoms with Gasteiger partial charge in [-0.05, 0) is 43.1 Å². The summed E-state index contributed by atoms with van der Waals surface area (Å²) >= 11 is 3.41. The summed E-state index contributed by atoms with van der Waals surface area (Å²) in [5.41, 5.74) is 3.00. The number of benzene rings is 1. The van der Waals surface area contributed by atoms with Gasteiger partial charge in [-0.3, -0.25) is 0 Å². The molecular formula is C10H10BBrO2. The van der Waals surface area contributed by atoms with Gasteiger partial charge in [0.2, 0.25) is 0 Å². The fourth-order valence-corrected chi connectivity index (χ4v) is 1.87. The second-order valence-corrected chi connectivity index (χ2v) is 4.33. The molecule has 0 bridgehead atoms. The van der Waals surface area contributed by atoms with Crippen molar-refractivity contribution in [3.8, 4) is 5.75 Å². The van der Waals surface area contributed by atoms with Crippen LogP contribution in [0.2, 0.25) is 0 Å². The van der Waals surface area contributed by atoms with Gasteiger partial charge >= 0.3 is 7.12 Å². The third-order valence-corrected chi connectivity index (χ3v) is 3.04. The Balaban J connectivity index is 2.61. The van der Waals surface area contributed by atoms with E-state index in [1.165, 1.54) is 0 Å². The van der Waals surface area contributed by atoms with Crippen LogP contribution < -0.4 is 4.65 Å². The molecule has 2 nitrogen and oxygen atoms in total. The molecule has 1 aliphatic rings. The lowest BCUT2D eigenvalue weighted by Gasteiger charge is -2.22. The van der Waals surface area contributed by atoms with Gasteiger partial charge in [-0.2, -0.15) is 0 Å². The molecule has 0 saturated carbocycles. The fourth-order valence-electron chi connectivity index (χ4n) is 1.50. The summed E-state index contributed by atoms with van der Waals surface area (Å²) < 4.78 is 6.36. The molecule has 4 heteroatoms. The van der Waals surface area contributed by atoms with E-state index in [2.05, 4.69) is 15.9 Å². The molecule has 0 spiro atoms. The van der Waals surface area contributed by atoms with Gasteiger partial charge in [0.15, 0.2) is 0 Å². The van der Waals surface area contributed by atoms with Crippen LogP contribution in [0.25, 0.3) is 5.57 Å². The lowest BCUT2D eigenvalue weighted by molar-refractivity contribution is 0.422. The van der Waals surface area contributed by atoms with Crippen molar-refractivity contribution < 1.29 is 9.68 Å². The van der Waals surface area contributed by atoms with E-state index in [1.807, 2.05) is 32.0 Å². The van der Waals surface area contributed by atoms with Gasteiger partial charge in [0.25, 0.3) is 0 Å². The molecule has 1 heterocycles. The first kappa shape index (κ1) is 9.81. The van der Waals surface area contributed by atoms with Crippen molar-refractivity contribution in [1.82, 2.24) is 0 Å². The van der Waals surface area contributed by atoms with Crippen LogP contribution >= 0.6 is 15.9 Å². The third-order valence-electron chi connectivity index (χ3n) is 2.55. The Morgan fingerprint density at radius 3 is 2.79 bits per heavy atom. The quantitative estimate of drug-likeness (QED) is 0.720. The molecule has 0 aliphatic carbocycles. The summed E-state index contributed by atoms with van der Waals surface area (Å²) in [6, 6.07) is 5.76. The number of fused-ring (bicyclic) bond motifs is 1. The molecule has 0 saturated heterocycles. The molecular weight excluding hydrogens is 243 g/mol. The van der Waals surface area contributed by atoms with Crippen molar-refractivity contribution in [1.29, 1.82) is 0 Å². The van der Waals surface area contributed by atoms with E-state index in [9.17, 15) is 5.02 Å². The molecule has 14 heavy (non-hydrogen) atoms. The zero-order chi connectivity index (χ0) is 10.3. The van der Waals surface area contributed by atoms with Gasteiger partial charge < -0.3 is 9.68 Å². The molecule has 1 aromatic carbocycles. The topological polar surface area (TPSA) is 29.5 Å². The van der Waals surface area contributed by atoms with Gasteiger partial charge in [0, 0.05) is 10.0 Å². The normalized spacial score (nSPS) is 15.3. The van der Waals surface area contributed by atoms with Crippen LogP contribution in [-0.2, 0) is 0 Å². The summed E-state index contributed by atoms with van der Waals surface area (Å²) in [5.74, 6) is 0.740. The smallest absolute Gasteiger partial charge is 0.532 e. The Kier molecular flexibility index (Phi) is 2.41. The predicted octanol–water partition coefficient (Wildman–Crippen LogP) is 2.65. The Hall–Kier alpha value is -0.735. The van der Waals surface area contributed by atoms with E-state index in [1.54, 1.807) is 0 Å². The molecule has 0 atom stereocenters. The second-order valence-electron chi connectivity index (χ2n) is 3.42. The van der Waals surface area contributed by atoms with E-state index < -0.39 is 7.12 Å². The summed E-state index contributed by atoms with van der Waals surface area (Å²) in [6.45, 7) is 3.87. The van der Waals surface area contributed by atoms with E-state index in [-0.39, 0.29) is 0 Å². The molecule has 1 aliphatic heterocycles. The van der Waals surface area contributed by atoms with Crippen LogP contribution in [0.1, 0.15) is 19.4 Å². The van der Waals surface area contributed by atoms with Crippen molar-refractivity contribution in [2.45, 2.75) is 13.8 Å². The number of rotatable bonds is 0. The van der Waals surface area contributed by atoms with Crippen LogP contribution in [0, 0.1) is 0 Å². The maximum Gasteiger partial charge on any atom is 0.555 e. The number of hydrogen-bond donors (Lipinski definition) is 1. The highest BCUT2D eigenvalue weighted by molar-refractivity contribution is 9.10. The van der Waals surface area contributed by atoms with E-state index in [4.69, 9.17) is 4.65 Å². The van der Waals surface area contributed by atoms with Gasteiger partial charge in [0.1, 0.15) is 5.75 Å². The maximum atomic E-state index is 9.57. The minimum absolute atomic E-state index is 0.740. The Labute approximate surface area is 91.9 Å². The zero-order valence-electron chi connectivity index (χ0n) is 8.04. The molecule has 2 rings (SSSR count). The highest BCUT2D eigenvalue weighted by Crippen LogP contribution is 2.35. The third kappa shape index (κ3) is 1.49. The minimum Gasteiger partial charge on any atom is -0.532 e. The number of halogens is 1. The number of allylic oxidation sites excluding steroid dienone is 2. The molecule has 72 valence electrons. The second kappa shape index (κ2) is 3.44. The van der Waals surface area contributed by atoms with Crippen LogP contribution in [0.15, 0.2) is 28.1 Å². The van der Waals surface area contributed by atoms with Crippen molar-refractivity contribution >= 4 is 28.6 Å². The molecule has 0 unspecified atom stereocenters. The predicted molar refractivity (Wildman–Crippen MR) is 61.0 cm³/mol. The zero-order valence-corrected chi connectivity index (χ0v) is 9.63. The van der Waals surface area contributed by atoms with Crippen LogP contribution in [0.3, 0.4) is 0 Å². The Morgan fingerprint density at radius 1 is 1.36 bits per heavy atom. The molecule has 0 amide bonds. The largest absolute Gasteiger partial charge is 0.555 e. The van der Waals surface area contributed by atoms with Gasteiger partial charge in [-0.15, -0.1) is 0 Å². The van der Waals surface area contributed by atoms with Crippen molar-refractivity contribution in [3.05, 3.63) is 33.7 Å². The Morgan fingerprint density at radius 2 is 2.07 bits per heavy atom. The molecule has 1 N–H and O–H groups in total. The first-order valence-corrected chi connectivity index (χ1v) is 5.21. The van der Waals surface area contributed by atoms with Crippen LogP contribution in [0.4, 0.5) is 0 Å². The monoisotopic (exact) mass is 252 g/mol. The highest BCUT2D eigenvalue weighted by Gasteiger charge is 2.27. The molecule has 0 fully saturated rings. The molecule has 0 radical (unpaired) electrons. The lowest BCUT2D eigenvalue weighted by Crippen LogP contribution is -2.27. The van der Waals surface area contributed by atoms with Crippen LogP contribution in [-0.4, -0.2) is 12.1 Å². The van der Waals surface area contributed by atoms with E-state index in [0.29, 0.717) is 0 Å². The van der Waals surface area contributed by atoms with Crippen molar-refractivity contribution in [3.63, 3.8) is 0 Å². The standard InChI is InChI=1S/C10H10BBrO2/c1-6-7(2)11(13)14-10-4-3-8(12)5-9(6)10/h3-5,13H,1-2H3. The minimum atomic E-state index is -0.802. The van der Waals surface area contributed by atoms with Gasteiger partial charge in [0.05, 0.1) is 0 Å². The lowest BCUT2D eigenvalue weighted by atomic mass is 9.73. The average molecular weight is 253 g/mol. The van der Waals surface area contributed by atoms with E-state index >= 15 is 0 Å². The van der Waals surface area contributed by atoms with Crippen molar-refractivity contribution in [2.75, 3.05) is 0 Å². The number of hydrogen-bond acceptors (Lipinski definition) is 2. The van der Waals surface area contributed by atoms with Gasteiger partial charge in [-0.25, -0.2) is 0 Å². The van der Waals surface area contributed by atoms with E-state index in [0.717, 1.165) is 26.8 Å².